The molecule has 0 bridgehead atoms. The molecule has 0 aliphatic carbocycles. The van der Waals surface area contributed by atoms with E-state index in [1.807, 2.05) is 0 Å². The van der Waals surface area contributed by atoms with Gasteiger partial charge in [0.2, 0.25) is 0 Å². The van der Waals surface area contributed by atoms with Gasteiger partial charge in [-0.3, -0.25) is 0 Å². The fourth-order valence-corrected chi connectivity index (χ4v) is 6.97. The molecule has 0 atom stereocenters. The first-order valence-electron chi connectivity index (χ1n) is 23.4. The smallest absolute Gasteiger partial charge is 0.136 e. The normalized spacial score (nSPS) is 15.4. The molecule has 0 aliphatic heterocycles. The van der Waals surface area contributed by atoms with Crippen LogP contribution in [0.25, 0.3) is 99.1 Å². The number of hydrogen-bond acceptors (Lipinski definition) is 1. The van der Waals surface area contributed by atoms with Crippen LogP contribution in [0, 0.1) is 0 Å². The lowest BCUT2D eigenvalue weighted by Gasteiger charge is -2.19. The summed E-state index contributed by atoms with van der Waals surface area (Å²) in [5.74, 6) is 0. The van der Waals surface area contributed by atoms with Crippen molar-refractivity contribution in [1.29, 1.82) is 0 Å². The Morgan fingerprint density at radius 3 is 1.63 bits per heavy atom. The van der Waals surface area contributed by atoms with Gasteiger partial charge in [-0.2, -0.15) is 0 Å². The maximum Gasteiger partial charge on any atom is 0.136 e. The van der Waals surface area contributed by atoms with Crippen LogP contribution in [0.2, 0.25) is 0 Å². The van der Waals surface area contributed by atoms with Crippen LogP contribution in [-0.2, 0) is 0 Å². The van der Waals surface area contributed by atoms with Crippen LogP contribution in [0.15, 0.2) is 198 Å². The fraction of sp³-hybridized carbons (Fsp3) is 0. The van der Waals surface area contributed by atoms with E-state index in [4.69, 9.17) is 15.4 Å². The monoisotopic (exact) mass is 662 g/mol. The molecule has 0 unspecified atom stereocenters. The average molecular weight is 663 g/mol. The molecule has 1 nitrogen and oxygen atoms in total. The van der Waals surface area contributed by atoms with E-state index in [1.165, 1.54) is 0 Å². The molecule has 51 heavy (non-hydrogen) atoms. The fourth-order valence-electron chi connectivity index (χ4n) is 6.97. The van der Waals surface area contributed by atoms with Gasteiger partial charge in [-0.15, -0.1) is 0 Å². The predicted octanol–water partition coefficient (Wildman–Crippen LogP) is 14.2. The summed E-state index contributed by atoms with van der Waals surface area (Å²) in [7, 11) is 0. The summed E-state index contributed by atoms with van der Waals surface area (Å²) in [6, 6.07) is 25.4. The highest BCUT2D eigenvalue weighted by atomic mass is 16.3. The lowest BCUT2D eigenvalue weighted by molar-refractivity contribution is 0.669. The van der Waals surface area contributed by atoms with E-state index in [1.54, 1.807) is 109 Å². The third kappa shape index (κ3) is 4.86. The molecule has 1 heteroatoms. The molecule has 0 saturated heterocycles. The predicted molar refractivity (Wildman–Crippen MR) is 216 cm³/mol. The van der Waals surface area contributed by atoms with Crippen molar-refractivity contribution in [3.8, 4) is 55.6 Å². The molecule has 0 amide bonds. The first kappa shape index (κ1) is 18.3. The third-order valence-corrected chi connectivity index (χ3v) is 9.19. The highest BCUT2D eigenvalue weighted by Gasteiger charge is 2.21. The molecule has 0 saturated carbocycles. The van der Waals surface area contributed by atoms with Crippen molar-refractivity contribution in [2.24, 2.45) is 0 Å². The van der Waals surface area contributed by atoms with Gasteiger partial charge in [-0.1, -0.05) is 170 Å². The average Bonchev–Trinajstić information content (AvgIpc) is 3.72. The molecule has 0 spiro atoms. The van der Waals surface area contributed by atoms with Crippen LogP contribution in [0.3, 0.4) is 0 Å². The van der Waals surface area contributed by atoms with Gasteiger partial charge in [0.1, 0.15) is 11.2 Å². The topological polar surface area (TPSA) is 13.1 Å². The van der Waals surface area contributed by atoms with Crippen molar-refractivity contribution in [2.45, 2.75) is 0 Å². The molecule has 10 aromatic rings. The Morgan fingerprint density at radius 2 is 0.941 bits per heavy atom. The number of rotatable bonds is 5. The van der Waals surface area contributed by atoms with Crippen molar-refractivity contribution in [1.82, 2.24) is 0 Å². The van der Waals surface area contributed by atoms with Crippen LogP contribution < -0.4 is 0 Å². The highest BCUT2D eigenvalue weighted by molar-refractivity contribution is 6.25. The van der Waals surface area contributed by atoms with Gasteiger partial charge in [0.15, 0.2) is 0 Å². The Morgan fingerprint density at radius 1 is 0.333 bits per heavy atom. The Kier molecular flexibility index (Phi) is 4.32. The van der Waals surface area contributed by atoms with Crippen LogP contribution >= 0.6 is 0 Å². The van der Waals surface area contributed by atoms with E-state index in [2.05, 4.69) is 0 Å². The van der Waals surface area contributed by atoms with E-state index in [0.29, 0.717) is 43.8 Å². The lowest BCUT2D eigenvalue weighted by Crippen LogP contribution is -1.93. The van der Waals surface area contributed by atoms with E-state index in [0.717, 1.165) is 0 Å². The van der Waals surface area contributed by atoms with Crippen LogP contribution in [0.4, 0.5) is 0 Å². The molecule has 0 aliphatic rings. The van der Waals surface area contributed by atoms with Gasteiger partial charge >= 0.3 is 0 Å². The Labute approximate surface area is 316 Å². The van der Waals surface area contributed by atoms with Gasteiger partial charge in [0, 0.05) is 10.8 Å². The van der Waals surface area contributed by atoms with Crippen LogP contribution in [0.1, 0.15) is 19.2 Å². The maximum atomic E-state index is 10.0. The first-order valence-corrected chi connectivity index (χ1v) is 16.4. The Balaban J connectivity index is 1.37. The Bertz CT molecular complexity index is 3610. The second kappa shape index (κ2) is 12.0. The molecule has 238 valence electrons. The van der Waals surface area contributed by atoms with E-state index < -0.39 is 54.4 Å². The SMILES string of the molecule is [2H]c1c([2H])c([2H])c(-c2c([2H])c([2H])c(-c3c4ccccc4c(-c4c([2H])c([2H])c([2H])c5oc6c([2H])c(-c7ccccc7)c([2H])c([2H])c6c45)c4ccccc34)c([2H])c2-c2ccccc2)c([2H])c1[2H]. The van der Waals surface area contributed by atoms with Crippen molar-refractivity contribution >= 4 is 43.5 Å². The summed E-state index contributed by atoms with van der Waals surface area (Å²) < 4.78 is 134. The summed E-state index contributed by atoms with van der Waals surface area (Å²) in [6.07, 6.45) is 0. The quantitative estimate of drug-likeness (QED) is 0.167. The van der Waals surface area contributed by atoms with E-state index >= 15 is 0 Å². The number of fused-ring (bicyclic) bond motifs is 5. The zero-order valence-electron chi connectivity index (χ0n) is 40.8. The van der Waals surface area contributed by atoms with Gasteiger partial charge in [0.05, 0.1) is 19.2 Å². The van der Waals surface area contributed by atoms with E-state index in [-0.39, 0.29) is 85.5 Å². The van der Waals surface area contributed by atoms with Gasteiger partial charge in [0.25, 0.3) is 0 Å². The minimum atomic E-state index is -0.622. The number of furan rings is 1. The Hall–Kier alpha value is -6.70. The maximum absolute atomic E-state index is 10.0. The minimum absolute atomic E-state index is 0.0243. The summed E-state index contributed by atoms with van der Waals surface area (Å²) in [5.41, 5.74) is 1.43. The molecule has 10 rings (SSSR count). The van der Waals surface area contributed by atoms with E-state index in [9.17, 15) is 8.22 Å². The van der Waals surface area contributed by atoms with Crippen molar-refractivity contribution in [2.75, 3.05) is 0 Å². The summed E-state index contributed by atoms with van der Waals surface area (Å²) >= 11 is 0. The molecule has 0 radical (unpaired) electrons. The summed E-state index contributed by atoms with van der Waals surface area (Å²) in [4.78, 5) is 0. The van der Waals surface area contributed by atoms with Crippen molar-refractivity contribution in [3.05, 3.63) is 194 Å². The second-order valence-electron chi connectivity index (χ2n) is 12.1. The van der Waals surface area contributed by atoms with Crippen LogP contribution in [0.5, 0.6) is 0 Å². The van der Waals surface area contributed by atoms with Gasteiger partial charge in [-0.25, -0.2) is 0 Å². The lowest BCUT2D eigenvalue weighted by atomic mass is 9.83. The highest BCUT2D eigenvalue weighted by Crippen LogP contribution is 2.48. The van der Waals surface area contributed by atoms with Gasteiger partial charge < -0.3 is 4.42 Å². The largest absolute Gasteiger partial charge is 0.456 e. The zero-order chi connectivity index (χ0) is 45.9. The van der Waals surface area contributed by atoms with Crippen molar-refractivity contribution < 1.29 is 23.6 Å². The van der Waals surface area contributed by atoms with Crippen LogP contribution in [-0.4, -0.2) is 0 Å². The number of hydrogen-bond donors (Lipinski definition) is 0. The zero-order valence-corrected chi connectivity index (χ0v) is 26.8. The molecule has 9 aromatic carbocycles. The minimum Gasteiger partial charge on any atom is -0.456 e. The summed E-state index contributed by atoms with van der Waals surface area (Å²) in [6.45, 7) is 0. The molecule has 1 aromatic heterocycles. The third-order valence-electron chi connectivity index (χ3n) is 9.19. The number of benzene rings is 9. The second-order valence-corrected chi connectivity index (χ2v) is 12.1. The standard InChI is InChI=1S/C50H32O/c1-4-15-33(16-5-1)36-27-30-43-47(32-36)51-46-26-14-25-44(50(43)46)49-41-23-12-10-21-39(41)48(40-22-11-13-24-42(40)49)37-28-29-38(34-17-6-2-7-18-34)45(31-37)35-19-8-3-9-20-35/h1-32H/i2D,6D,7D,14D,17D,18D,25D,26D,27D,28D,29D,30D,31D,32D. The molecule has 0 fully saturated rings. The molecular formula is C50H32O. The molecule has 1 heterocycles. The molecular weight excluding hydrogens is 617 g/mol. The van der Waals surface area contributed by atoms with Gasteiger partial charge in [-0.05, 0) is 101 Å². The molecule has 0 N–H and O–H groups in total. The first-order chi connectivity index (χ1) is 31.2. The summed E-state index contributed by atoms with van der Waals surface area (Å²) in [5, 5.41) is 2.06. The van der Waals surface area contributed by atoms with Crippen molar-refractivity contribution in [3.63, 3.8) is 0 Å².